The number of nitrogens with zero attached hydrogens (tertiary/aromatic N) is 3. The van der Waals surface area contributed by atoms with Gasteiger partial charge in [0.2, 0.25) is 0 Å². The Hall–Kier alpha value is -2.12. The third-order valence-electron chi connectivity index (χ3n) is 4.31. The topological polar surface area (TPSA) is 70.9 Å². The van der Waals surface area contributed by atoms with Crippen LogP contribution in [0.25, 0.3) is 5.65 Å². The minimum absolute atomic E-state index is 0.126. The number of urea groups is 1. The molecule has 130 valence electrons. The standard InChI is InChI=1S/C17H25N5O2/c1-14(21-8-10-24-11-9-21)12-19-17(23)18-6-5-15-13-22-7-3-2-4-16(22)20-15/h2-4,7,13-14H,5-6,8-12H2,1H3,(H2,18,19,23). The second-order valence-electron chi connectivity index (χ2n) is 6.08. The molecule has 7 heteroatoms. The highest BCUT2D eigenvalue weighted by Gasteiger charge is 2.17. The van der Waals surface area contributed by atoms with Gasteiger partial charge in [-0.1, -0.05) is 6.07 Å². The summed E-state index contributed by atoms with van der Waals surface area (Å²) in [5, 5.41) is 5.83. The van der Waals surface area contributed by atoms with Crippen molar-refractivity contribution in [3.8, 4) is 0 Å². The van der Waals surface area contributed by atoms with Gasteiger partial charge in [0.15, 0.2) is 0 Å². The number of carbonyl (C=O) groups excluding carboxylic acids is 1. The van der Waals surface area contributed by atoms with Gasteiger partial charge in [0.25, 0.3) is 0 Å². The molecule has 1 fully saturated rings. The SMILES string of the molecule is CC(CNC(=O)NCCc1cn2ccccc2n1)N1CCOCC1. The van der Waals surface area contributed by atoms with E-state index >= 15 is 0 Å². The lowest BCUT2D eigenvalue weighted by molar-refractivity contribution is 0.0209. The van der Waals surface area contributed by atoms with E-state index in [4.69, 9.17) is 4.74 Å². The molecule has 7 nitrogen and oxygen atoms in total. The Balaban J connectivity index is 1.36. The van der Waals surface area contributed by atoms with Crippen molar-refractivity contribution in [1.82, 2.24) is 24.9 Å². The maximum atomic E-state index is 11.9. The molecule has 1 aliphatic rings. The zero-order valence-electron chi connectivity index (χ0n) is 14.1. The van der Waals surface area contributed by atoms with Crippen molar-refractivity contribution in [3.05, 3.63) is 36.3 Å². The molecular weight excluding hydrogens is 306 g/mol. The van der Waals surface area contributed by atoms with Crippen molar-refractivity contribution in [3.63, 3.8) is 0 Å². The number of hydrogen-bond acceptors (Lipinski definition) is 4. The number of fused-ring (bicyclic) bond motifs is 1. The van der Waals surface area contributed by atoms with E-state index in [1.165, 1.54) is 0 Å². The molecule has 0 aromatic carbocycles. The third-order valence-corrected chi connectivity index (χ3v) is 4.31. The number of pyridine rings is 1. The van der Waals surface area contributed by atoms with Gasteiger partial charge in [-0.25, -0.2) is 9.78 Å². The molecule has 3 heterocycles. The van der Waals surface area contributed by atoms with Crippen LogP contribution in [-0.2, 0) is 11.2 Å². The number of hydrogen-bond donors (Lipinski definition) is 2. The second kappa shape index (κ2) is 8.12. The monoisotopic (exact) mass is 331 g/mol. The highest BCUT2D eigenvalue weighted by atomic mass is 16.5. The Morgan fingerprint density at radius 2 is 2.17 bits per heavy atom. The summed E-state index contributed by atoms with van der Waals surface area (Å²) < 4.78 is 7.33. The average Bonchev–Trinajstić information content (AvgIpc) is 3.03. The number of imidazole rings is 1. The van der Waals surface area contributed by atoms with E-state index in [-0.39, 0.29) is 6.03 Å². The molecule has 2 N–H and O–H groups in total. The highest BCUT2D eigenvalue weighted by molar-refractivity contribution is 5.73. The molecule has 2 aromatic rings. The van der Waals surface area contributed by atoms with E-state index in [0.717, 1.165) is 37.6 Å². The molecule has 0 aliphatic carbocycles. The lowest BCUT2D eigenvalue weighted by Crippen LogP contribution is -2.49. The van der Waals surface area contributed by atoms with Crippen LogP contribution in [0.4, 0.5) is 4.79 Å². The Morgan fingerprint density at radius 3 is 2.96 bits per heavy atom. The van der Waals surface area contributed by atoms with Gasteiger partial charge in [0, 0.05) is 51.0 Å². The minimum Gasteiger partial charge on any atom is -0.379 e. The molecule has 1 saturated heterocycles. The van der Waals surface area contributed by atoms with Crippen LogP contribution in [0.1, 0.15) is 12.6 Å². The smallest absolute Gasteiger partial charge is 0.314 e. The highest BCUT2D eigenvalue weighted by Crippen LogP contribution is 2.04. The molecule has 2 aromatic heterocycles. The predicted octanol–water partition coefficient (Wildman–Crippen LogP) is 0.897. The molecular formula is C17H25N5O2. The van der Waals surface area contributed by atoms with E-state index < -0.39 is 0 Å². The van der Waals surface area contributed by atoms with Crippen LogP contribution < -0.4 is 10.6 Å². The van der Waals surface area contributed by atoms with Crippen LogP contribution >= 0.6 is 0 Å². The third kappa shape index (κ3) is 4.46. The van der Waals surface area contributed by atoms with Crippen molar-refractivity contribution >= 4 is 11.7 Å². The van der Waals surface area contributed by atoms with Gasteiger partial charge in [-0.15, -0.1) is 0 Å². The van der Waals surface area contributed by atoms with Crippen molar-refractivity contribution in [2.45, 2.75) is 19.4 Å². The van der Waals surface area contributed by atoms with Crippen LogP contribution in [0.15, 0.2) is 30.6 Å². The zero-order valence-corrected chi connectivity index (χ0v) is 14.1. The first-order chi connectivity index (χ1) is 11.7. The van der Waals surface area contributed by atoms with Crippen LogP contribution in [-0.4, -0.2) is 65.8 Å². The fraction of sp³-hybridized carbons (Fsp3) is 0.529. The minimum atomic E-state index is -0.126. The largest absolute Gasteiger partial charge is 0.379 e. The lowest BCUT2D eigenvalue weighted by Gasteiger charge is -2.32. The molecule has 0 spiro atoms. The van der Waals surface area contributed by atoms with Crippen molar-refractivity contribution in [2.24, 2.45) is 0 Å². The van der Waals surface area contributed by atoms with Gasteiger partial charge in [-0.2, -0.15) is 0 Å². The number of rotatable bonds is 6. The van der Waals surface area contributed by atoms with E-state index in [1.807, 2.05) is 35.0 Å². The lowest BCUT2D eigenvalue weighted by atomic mass is 10.2. The van der Waals surface area contributed by atoms with Crippen LogP contribution in [0.3, 0.4) is 0 Å². The summed E-state index contributed by atoms with van der Waals surface area (Å²) in [5.74, 6) is 0. The predicted molar refractivity (Wildman–Crippen MR) is 92.2 cm³/mol. The fourth-order valence-electron chi connectivity index (χ4n) is 2.86. The number of morpholine rings is 1. The first-order valence-corrected chi connectivity index (χ1v) is 8.48. The van der Waals surface area contributed by atoms with E-state index in [0.29, 0.717) is 25.6 Å². The van der Waals surface area contributed by atoms with Crippen molar-refractivity contribution < 1.29 is 9.53 Å². The average molecular weight is 331 g/mol. The number of amides is 2. The van der Waals surface area contributed by atoms with Crippen LogP contribution in [0, 0.1) is 0 Å². The summed E-state index contributed by atoms with van der Waals surface area (Å²) in [5.41, 5.74) is 1.90. The first-order valence-electron chi connectivity index (χ1n) is 8.48. The summed E-state index contributed by atoms with van der Waals surface area (Å²) in [6.45, 7) is 6.74. The number of aromatic nitrogens is 2. The summed E-state index contributed by atoms with van der Waals surface area (Å²) >= 11 is 0. The van der Waals surface area contributed by atoms with Crippen LogP contribution in [0.2, 0.25) is 0 Å². The van der Waals surface area contributed by atoms with Gasteiger partial charge in [0.05, 0.1) is 18.9 Å². The molecule has 1 aliphatic heterocycles. The van der Waals surface area contributed by atoms with Gasteiger partial charge in [-0.3, -0.25) is 4.90 Å². The molecule has 1 atom stereocenters. The summed E-state index contributed by atoms with van der Waals surface area (Å²) in [4.78, 5) is 18.8. The van der Waals surface area contributed by atoms with E-state index in [1.54, 1.807) is 0 Å². The Labute approximate surface area is 142 Å². The molecule has 1 unspecified atom stereocenters. The van der Waals surface area contributed by atoms with Gasteiger partial charge < -0.3 is 19.8 Å². The zero-order chi connectivity index (χ0) is 16.8. The Kier molecular flexibility index (Phi) is 5.66. The number of ether oxygens (including phenoxy) is 1. The van der Waals surface area contributed by atoms with Gasteiger partial charge in [-0.05, 0) is 19.1 Å². The van der Waals surface area contributed by atoms with Gasteiger partial charge >= 0.3 is 6.03 Å². The van der Waals surface area contributed by atoms with Crippen molar-refractivity contribution in [2.75, 3.05) is 39.4 Å². The first kappa shape index (κ1) is 16.7. The van der Waals surface area contributed by atoms with E-state index in [9.17, 15) is 4.79 Å². The fourth-order valence-corrected chi connectivity index (χ4v) is 2.86. The molecule has 0 radical (unpaired) electrons. The maximum Gasteiger partial charge on any atom is 0.314 e. The summed E-state index contributed by atoms with van der Waals surface area (Å²) in [7, 11) is 0. The Bertz CT molecular complexity index is 633. The Morgan fingerprint density at radius 1 is 1.33 bits per heavy atom. The normalized spacial score (nSPS) is 16.9. The second-order valence-corrected chi connectivity index (χ2v) is 6.08. The molecule has 0 bridgehead atoms. The molecule has 24 heavy (non-hydrogen) atoms. The quantitative estimate of drug-likeness (QED) is 0.825. The molecule has 3 rings (SSSR count). The number of nitrogens with one attached hydrogen (secondary N) is 2. The van der Waals surface area contributed by atoms with E-state index in [2.05, 4.69) is 27.4 Å². The van der Waals surface area contributed by atoms with Crippen LogP contribution in [0.5, 0.6) is 0 Å². The number of carbonyl (C=O) groups is 1. The maximum absolute atomic E-state index is 11.9. The summed E-state index contributed by atoms with van der Waals surface area (Å²) in [6, 6.07) is 6.10. The molecule has 0 saturated carbocycles. The van der Waals surface area contributed by atoms with Gasteiger partial charge in [0.1, 0.15) is 5.65 Å². The van der Waals surface area contributed by atoms with Crippen molar-refractivity contribution in [1.29, 1.82) is 0 Å². The molecule has 2 amide bonds. The summed E-state index contributed by atoms with van der Waals surface area (Å²) in [6.07, 6.45) is 4.68.